The van der Waals surface area contributed by atoms with Crippen molar-refractivity contribution >= 4 is 38.4 Å². The Morgan fingerprint density at radius 1 is 1.09 bits per heavy atom. The number of carbonyl (C=O) groups excluding carboxylic acids is 1. The number of thioether (sulfide) groups is 1. The van der Waals surface area contributed by atoms with Crippen molar-refractivity contribution in [2.75, 3.05) is 36.4 Å². The standard InChI is InChI=1S/C22H24N2O6S2/c1-28-19-9-8-16(10-20(19)29-2)24-18-14-32(26,27)13-17(18)23-22(24)31-12-21(25)30-11-15-6-4-3-5-7-15/h3-10,17-18H,11-14H2,1-2H3/t17-,18-/m1/s1. The van der Waals surface area contributed by atoms with Crippen molar-refractivity contribution in [3.63, 3.8) is 0 Å². The van der Waals surface area contributed by atoms with Crippen LogP contribution in [0.2, 0.25) is 0 Å². The van der Waals surface area contributed by atoms with E-state index in [0.29, 0.717) is 16.7 Å². The molecule has 1 saturated heterocycles. The zero-order valence-corrected chi connectivity index (χ0v) is 19.4. The van der Waals surface area contributed by atoms with Crippen LogP contribution in [0.4, 0.5) is 5.69 Å². The molecule has 1 fully saturated rings. The molecule has 10 heteroatoms. The van der Waals surface area contributed by atoms with Crippen LogP contribution in [0.1, 0.15) is 5.56 Å². The molecular formula is C22H24N2O6S2. The van der Waals surface area contributed by atoms with E-state index in [9.17, 15) is 13.2 Å². The molecule has 8 nitrogen and oxygen atoms in total. The number of hydrogen-bond donors (Lipinski definition) is 0. The molecule has 0 N–H and O–H groups in total. The van der Waals surface area contributed by atoms with Gasteiger partial charge in [-0.3, -0.25) is 9.79 Å². The molecule has 0 bridgehead atoms. The van der Waals surface area contributed by atoms with Gasteiger partial charge in [0, 0.05) is 11.8 Å². The zero-order chi connectivity index (χ0) is 22.7. The van der Waals surface area contributed by atoms with Crippen molar-refractivity contribution in [1.82, 2.24) is 0 Å². The lowest BCUT2D eigenvalue weighted by Gasteiger charge is -2.27. The molecule has 0 amide bonds. The first-order valence-corrected chi connectivity index (χ1v) is 12.8. The number of carbonyl (C=O) groups is 1. The largest absolute Gasteiger partial charge is 0.493 e. The van der Waals surface area contributed by atoms with Crippen LogP contribution in [0.25, 0.3) is 0 Å². The summed E-state index contributed by atoms with van der Waals surface area (Å²) in [6, 6.07) is 14.2. The fraction of sp³-hybridized carbons (Fsp3) is 0.364. The number of benzene rings is 2. The second-order valence-electron chi connectivity index (χ2n) is 7.47. The molecule has 0 spiro atoms. The summed E-state index contributed by atoms with van der Waals surface area (Å²) in [6.07, 6.45) is 0. The summed E-state index contributed by atoms with van der Waals surface area (Å²) < 4.78 is 40.5. The highest BCUT2D eigenvalue weighted by molar-refractivity contribution is 8.14. The highest BCUT2D eigenvalue weighted by Gasteiger charge is 2.47. The Bertz CT molecular complexity index is 1120. The maximum atomic E-state index is 12.3. The van der Waals surface area contributed by atoms with E-state index in [1.54, 1.807) is 26.4 Å². The number of aliphatic imine (C=N–C) groups is 1. The lowest BCUT2D eigenvalue weighted by molar-refractivity contribution is -0.141. The van der Waals surface area contributed by atoms with Gasteiger partial charge in [-0.25, -0.2) is 8.42 Å². The summed E-state index contributed by atoms with van der Waals surface area (Å²) >= 11 is 1.25. The molecule has 2 aromatic carbocycles. The molecule has 0 unspecified atom stereocenters. The normalized spacial score (nSPS) is 21.1. The number of sulfone groups is 1. The van der Waals surface area contributed by atoms with E-state index < -0.39 is 9.84 Å². The number of amidine groups is 1. The van der Waals surface area contributed by atoms with Gasteiger partial charge in [-0.1, -0.05) is 42.1 Å². The van der Waals surface area contributed by atoms with Crippen LogP contribution in [-0.4, -0.2) is 63.1 Å². The Kier molecular flexibility index (Phi) is 6.61. The third-order valence-corrected chi connectivity index (χ3v) is 7.95. The Hall–Kier alpha value is -2.72. The predicted octanol–water partition coefficient (Wildman–Crippen LogP) is 2.52. The highest BCUT2D eigenvalue weighted by atomic mass is 32.2. The second kappa shape index (κ2) is 9.41. The van der Waals surface area contributed by atoms with Crippen molar-refractivity contribution in [1.29, 1.82) is 0 Å². The van der Waals surface area contributed by atoms with Gasteiger partial charge >= 0.3 is 5.97 Å². The van der Waals surface area contributed by atoms with Crippen LogP contribution in [-0.2, 0) is 26.0 Å². The van der Waals surface area contributed by atoms with E-state index in [0.717, 1.165) is 11.3 Å². The fourth-order valence-corrected chi connectivity index (χ4v) is 6.58. The minimum atomic E-state index is -3.17. The van der Waals surface area contributed by atoms with Gasteiger partial charge in [-0.05, 0) is 17.7 Å². The van der Waals surface area contributed by atoms with Crippen LogP contribution < -0.4 is 14.4 Å². The van der Waals surface area contributed by atoms with Crippen molar-refractivity contribution in [2.24, 2.45) is 4.99 Å². The topological polar surface area (TPSA) is 94.5 Å². The number of fused-ring (bicyclic) bond motifs is 1. The molecule has 2 aliphatic heterocycles. The van der Waals surface area contributed by atoms with Crippen LogP contribution >= 0.6 is 11.8 Å². The van der Waals surface area contributed by atoms with Crippen LogP contribution in [0.5, 0.6) is 11.5 Å². The van der Waals surface area contributed by atoms with E-state index in [1.165, 1.54) is 11.8 Å². The van der Waals surface area contributed by atoms with Gasteiger partial charge in [0.05, 0.1) is 43.6 Å². The SMILES string of the molecule is COc1ccc(N2C(SCC(=O)OCc3ccccc3)=N[C@@H]3CS(=O)(=O)C[C@H]32)cc1OC. The molecule has 0 aliphatic carbocycles. The molecule has 2 aromatic rings. The van der Waals surface area contributed by atoms with Gasteiger partial charge in [-0.2, -0.15) is 0 Å². The average molecular weight is 477 g/mol. The van der Waals surface area contributed by atoms with E-state index in [1.807, 2.05) is 41.3 Å². The van der Waals surface area contributed by atoms with Gasteiger partial charge < -0.3 is 19.1 Å². The van der Waals surface area contributed by atoms with E-state index in [4.69, 9.17) is 14.2 Å². The van der Waals surface area contributed by atoms with Gasteiger partial charge in [0.1, 0.15) is 6.61 Å². The third kappa shape index (κ3) is 4.86. The molecule has 4 rings (SSSR count). The maximum absolute atomic E-state index is 12.3. The smallest absolute Gasteiger partial charge is 0.316 e. The number of methoxy groups -OCH3 is 2. The fourth-order valence-electron chi connectivity index (χ4n) is 3.81. The Morgan fingerprint density at radius 3 is 2.56 bits per heavy atom. The van der Waals surface area contributed by atoms with Crippen LogP contribution in [0.3, 0.4) is 0 Å². The third-order valence-electron chi connectivity index (χ3n) is 5.31. The monoisotopic (exact) mass is 476 g/mol. The van der Waals surface area contributed by atoms with E-state index in [-0.39, 0.29) is 41.9 Å². The zero-order valence-electron chi connectivity index (χ0n) is 17.8. The predicted molar refractivity (Wildman–Crippen MR) is 124 cm³/mol. The summed E-state index contributed by atoms with van der Waals surface area (Å²) in [5.41, 5.74) is 1.65. The number of hydrogen-bond acceptors (Lipinski definition) is 9. The Balaban J connectivity index is 1.50. The summed E-state index contributed by atoms with van der Waals surface area (Å²) in [4.78, 5) is 18.8. The summed E-state index contributed by atoms with van der Waals surface area (Å²) in [6.45, 7) is 0.204. The molecule has 2 aliphatic rings. The minimum absolute atomic E-state index is 0.00394. The summed E-state index contributed by atoms with van der Waals surface area (Å²) in [7, 11) is -0.0795. The number of rotatable bonds is 7. The molecular weight excluding hydrogens is 452 g/mol. The molecule has 2 heterocycles. The highest BCUT2D eigenvalue weighted by Crippen LogP contribution is 2.38. The minimum Gasteiger partial charge on any atom is -0.493 e. The summed E-state index contributed by atoms with van der Waals surface area (Å²) in [5, 5.41) is 0.596. The number of anilines is 1. The lowest BCUT2D eigenvalue weighted by atomic mass is 10.1. The van der Waals surface area contributed by atoms with Crippen molar-refractivity contribution in [3.05, 3.63) is 54.1 Å². The van der Waals surface area contributed by atoms with Crippen LogP contribution in [0, 0.1) is 0 Å². The molecule has 0 aromatic heterocycles. The molecule has 2 atom stereocenters. The molecule has 32 heavy (non-hydrogen) atoms. The first-order chi connectivity index (χ1) is 15.4. The number of ether oxygens (including phenoxy) is 3. The first-order valence-electron chi connectivity index (χ1n) is 10.0. The van der Waals surface area contributed by atoms with Crippen molar-refractivity contribution in [3.8, 4) is 11.5 Å². The Morgan fingerprint density at radius 2 is 1.84 bits per heavy atom. The summed E-state index contributed by atoms with van der Waals surface area (Å²) in [5.74, 6) is 0.824. The quantitative estimate of drug-likeness (QED) is 0.563. The second-order valence-corrected chi connectivity index (χ2v) is 10.6. The van der Waals surface area contributed by atoms with Gasteiger partial charge in [-0.15, -0.1) is 0 Å². The van der Waals surface area contributed by atoms with Crippen molar-refractivity contribution in [2.45, 2.75) is 18.7 Å². The number of esters is 1. The van der Waals surface area contributed by atoms with E-state index >= 15 is 0 Å². The van der Waals surface area contributed by atoms with E-state index in [2.05, 4.69) is 4.99 Å². The average Bonchev–Trinajstić information content (AvgIpc) is 3.27. The Labute approximate surface area is 191 Å². The van der Waals surface area contributed by atoms with Crippen molar-refractivity contribution < 1.29 is 27.4 Å². The molecule has 0 saturated carbocycles. The molecule has 170 valence electrons. The molecule has 0 radical (unpaired) electrons. The van der Waals surface area contributed by atoms with Gasteiger partial charge in [0.15, 0.2) is 26.5 Å². The van der Waals surface area contributed by atoms with Gasteiger partial charge in [0.25, 0.3) is 0 Å². The first kappa shape index (κ1) is 22.5. The lowest BCUT2D eigenvalue weighted by Crippen LogP contribution is -2.39. The maximum Gasteiger partial charge on any atom is 0.316 e. The van der Waals surface area contributed by atoms with Crippen LogP contribution in [0.15, 0.2) is 53.5 Å². The van der Waals surface area contributed by atoms with Gasteiger partial charge in [0.2, 0.25) is 0 Å². The number of nitrogens with zero attached hydrogens (tertiary/aromatic N) is 2.